The van der Waals surface area contributed by atoms with Gasteiger partial charge in [0.05, 0.1) is 4.75 Å². The molecular formula is C10H13ClN2OS. The number of hydrogen-bond acceptors (Lipinski definition) is 2. The van der Waals surface area contributed by atoms with E-state index in [-0.39, 0.29) is 4.75 Å². The summed E-state index contributed by atoms with van der Waals surface area (Å²) in [5.74, 6) is 0. The zero-order chi connectivity index (χ0) is 11.5. The summed E-state index contributed by atoms with van der Waals surface area (Å²) >= 11 is 5.63. The van der Waals surface area contributed by atoms with Crippen molar-refractivity contribution in [2.75, 3.05) is 0 Å². The Morgan fingerprint density at radius 2 is 2.13 bits per heavy atom. The van der Waals surface area contributed by atoms with Crippen molar-refractivity contribution >= 4 is 28.8 Å². The highest BCUT2D eigenvalue weighted by Gasteiger charge is 2.17. The maximum atomic E-state index is 11.6. The van der Waals surface area contributed by atoms with Crippen LogP contribution < -0.4 is 0 Å². The zero-order valence-corrected chi connectivity index (χ0v) is 10.5. The van der Waals surface area contributed by atoms with Crippen molar-refractivity contribution in [3.63, 3.8) is 0 Å². The molecule has 0 fully saturated rings. The van der Waals surface area contributed by atoms with Crippen molar-refractivity contribution in [1.82, 2.24) is 4.98 Å². The average Bonchev–Trinajstić information content (AvgIpc) is 2.15. The van der Waals surface area contributed by atoms with E-state index in [2.05, 4.69) is 9.38 Å². The molecule has 0 saturated heterocycles. The lowest BCUT2D eigenvalue weighted by Gasteiger charge is -2.12. The highest BCUT2D eigenvalue weighted by molar-refractivity contribution is 7.85. The Morgan fingerprint density at radius 1 is 1.47 bits per heavy atom. The van der Waals surface area contributed by atoms with E-state index in [9.17, 15) is 4.21 Å². The number of pyridine rings is 1. The molecule has 0 amide bonds. The standard InChI is InChI=1S/C10H13ClN2OS/c1-10(2,3)15(14)13-7-8-4-5-9(11)12-6-8/h4-7H,1-3H3. The predicted molar refractivity (Wildman–Crippen MR) is 64.7 cm³/mol. The number of halogens is 1. The van der Waals surface area contributed by atoms with Gasteiger partial charge in [0, 0.05) is 18.0 Å². The van der Waals surface area contributed by atoms with Crippen molar-refractivity contribution < 1.29 is 4.21 Å². The van der Waals surface area contributed by atoms with Crippen LogP contribution in [-0.2, 0) is 11.0 Å². The summed E-state index contributed by atoms with van der Waals surface area (Å²) in [7, 11) is -1.23. The van der Waals surface area contributed by atoms with Gasteiger partial charge in [-0.1, -0.05) is 11.6 Å². The van der Waals surface area contributed by atoms with E-state index < -0.39 is 11.0 Å². The van der Waals surface area contributed by atoms with Crippen LogP contribution >= 0.6 is 11.6 Å². The summed E-state index contributed by atoms with van der Waals surface area (Å²) in [5, 5.41) is 0.434. The summed E-state index contributed by atoms with van der Waals surface area (Å²) in [5.41, 5.74) is 0.789. The van der Waals surface area contributed by atoms with Crippen molar-refractivity contribution in [3.05, 3.63) is 29.0 Å². The SMILES string of the molecule is CC(C)(C)S(=O)N=Cc1ccc(Cl)nc1. The van der Waals surface area contributed by atoms with Crippen LogP contribution in [0.1, 0.15) is 26.3 Å². The van der Waals surface area contributed by atoms with Gasteiger partial charge in [-0.25, -0.2) is 9.19 Å². The van der Waals surface area contributed by atoms with Gasteiger partial charge in [-0.3, -0.25) is 0 Å². The van der Waals surface area contributed by atoms with Crippen molar-refractivity contribution in [2.45, 2.75) is 25.5 Å². The first kappa shape index (κ1) is 12.3. The molecule has 5 heteroatoms. The molecule has 15 heavy (non-hydrogen) atoms. The monoisotopic (exact) mass is 244 g/mol. The molecule has 0 saturated carbocycles. The fourth-order valence-electron chi connectivity index (χ4n) is 0.730. The molecule has 0 aliphatic heterocycles. The summed E-state index contributed by atoms with van der Waals surface area (Å²) in [4.78, 5) is 3.89. The molecule has 1 unspecified atom stereocenters. The third-order valence-electron chi connectivity index (χ3n) is 1.57. The molecule has 3 nitrogen and oxygen atoms in total. The van der Waals surface area contributed by atoms with Crippen LogP contribution in [0.2, 0.25) is 5.15 Å². The van der Waals surface area contributed by atoms with Gasteiger partial charge in [0.15, 0.2) is 0 Å². The minimum Gasteiger partial charge on any atom is -0.244 e. The fourth-order valence-corrected chi connectivity index (χ4v) is 1.38. The molecule has 0 aliphatic rings. The minimum atomic E-state index is -1.23. The molecule has 1 atom stereocenters. The Balaban J connectivity index is 2.74. The van der Waals surface area contributed by atoms with Gasteiger partial charge in [0.2, 0.25) is 0 Å². The first-order chi connectivity index (χ1) is 6.89. The van der Waals surface area contributed by atoms with Gasteiger partial charge in [-0.05, 0) is 32.9 Å². The van der Waals surface area contributed by atoms with E-state index in [1.807, 2.05) is 20.8 Å². The highest BCUT2D eigenvalue weighted by atomic mass is 35.5. The average molecular weight is 245 g/mol. The predicted octanol–water partition coefficient (Wildman–Crippen LogP) is 2.62. The van der Waals surface area contributed by atoms with Gasteiger partial charge < -0.3 is 0 Å². The molecule has 0 spiro atoms. The first-order valence-corrected chi connectivity index (χ1v) is 5.96. The highest BCUT2D eigenvalue weighted by Crippen LogP contribution is 2.12. The molecule has 1 aromatic heterocycles. The van der Waals surface area contributed by atoms with E-state index in [0.29, 0.717) is 5.15 Å². The second-order valence-corrected chi connectivity index (χ2v) is 6.33. The Kier molecular flexibility index (Phi) is 3.99. The maximum absolute atomic E-state index is 11.6. The van der Waals surface area contributed by atoms with E-state index in [1.165, 1.54) is 0 Å². The van der Waals surface area contributed by atoms with Crippen LogP contribution in [0.5, 0.6) is 0 Å². The Bertz CT molecular complexity index is 381. The molecule has 0 bridgehead atoms. The quantitative estimate of drug-likeness (QED) is 0.593. The van der Waals surface area contributed by atoms with Gasteiger partial charge in [-0.2, -0.15) is 4.40 Å². The van der Waals surface area contributed by atoms with Gasteiger partial charge >= 0.3 is 0 Å². The van der Waals surface area contributed by atoms with Crippen LogP contribution in [-0.4, -0.2) is 20.2 Å². The Morgan fingerprint density at radius 3 is 2.60 bits per heavy atom. The van der Waals surface area contributed by atoms with Crippen molar-refractivity contribution in [3.8, 4) is 0 Å². The van der Waals surface area contributed by atoms with Crippen LogP contribution in [0.15, 0.2) is 22.7 Å². The topological polar surface area (TPSA) is 42.3 Å². The second-order valence-electron chi connectivity index (χ2n) is 4.01. The Hall–Kier alpha value is -0.740. The van der Waals surface area contributed by atoms with Crippen LogP contribution in [0, 0.1) is 0 Å². The molecule has 0 aliphatic carbocycles. The molecule has 0 aromatic carbocycles. The summed E-state index contributed by atoms with van der Waals surface area (Å²) < 4.78 is 15.2. The largest absolute Gasteiger partial charge is 0.244 e. The lowest BCUT2D eigenvalue weighted by atomic mass is 10.3. The van der Waals surface area contributed by atoms with E-state index >= 15 is 0 Å². The molecule has 1 rings (SSSR count). The minimum absolute atomic E-state index is 0.337. The summed E-state index contributed by atoms with van der Waals surface area (Å²) in [6.45, 7) is 5.63. The number of rotatable bonds is 2. The third kappa shape index (κ3) is 4.10. The lowest BCUT2D eigenvalue weighted by molar-refractivity contribution is 0.651. The van der Waals surface area contributed by atoms with Gasteiger partial charge in [0.25, 0.3) is 0 Å². The number of nitrogens with zero attached hydrogens (tertiary/aromatic N) is 2. The number of aromatic nitrogens is 1. The van der Waals surface area contributed by atoms with E-state index in [1.54, 1.807) is 24.5 Å². The normalized spacial score (nSPS) is 14.4. The summed E-state index contributed by atoms with van der Waals surface area (Å²) in [6, 6.07) is 3.45. The third-order valence-corrected chi connectivity index (χ3v) is 3.14. The van der Waals surface area contributed by atoms with E-state index in [4.69, 9.17) is 11.6 Å². The molecule has 0 radical (unpaired) electrons. The van der Waals surface area contributed by atoms with Gasteiger partial charge in [-0.15, -0.1) is 0 Å². The second kappa shape index (κ2) is 4.86. The lowest BCUT2D eigenvalue weighted by Crippen LogP contribution is -2.19. The van der Waals surface area contributed by atoms with Crippen molar-refractivity contribution in [2.24, 2.45) is 4.40 Å². The molecule has 1 heterocycles. The van der Waals surface area contributed by atoms with Crippen LogP contribution in [0.4, 0.5) is 0 Å². The first-order valence-electron chi connectivity index (χ1n) is 4.47. The van der Waals surface area contributed by atoms with Crippen molar-refractivity contribution in [1.29, 1.82) is 0 Å². The summed E-state index contributed by atoms with van der Waals surface area (Å²) in [6.07, 6.45) is 3.14. The smallest absolute Gasteiger partial charge is 0.144 e. The Labute approximate surface area is 97.2 Å². The fraction of sp³-hybridized carbons (Fsp3) is 0.400. The van der Waals surface area contributed by atoms with Crippen LogP contribution in [0.3, 0.4) is 0 Å². The molecule has 82 valence electrons. The molecular weight excluding hydrogens is 232 g/mol. The van der Waals surface area contributed by atoms with Crippen LogP contribution in [0.25, 0.3) is 0 Å². The molecule has 1 aromatic rings. The molecule has 0 N–H and O–H groups in total. The van der Waals surface area contributed by atoms with Gasteiger partial charge in [0.1, 0.15) is 16.1 Å². The zero-order valence-electron chi connectivity index (χ0n) is 8.90. The van der Waals surface area contributed by atoms with E-state index in [0.717, 1.165) is 5.56 Å². The maximum Gasteiger partial charge on any atom is 0.144 e. The number of hydrogen-bond donors (Lipinski definition) is 0.